The summed E-state index contributed by atoms with van der Waals surface area (Å²) in [6, 6.07) is 8.11. The Morgan fingerprint density at radius 2 is 1.82 bits per heavy atom. The van der Waals surface area contributed by atoms with Crippen LogP contribution < -0.4 is 0 Å². The molecule has 1 aliphatic rings. The minimum atomic E-state index is -0.619. The smallest absolute Gasteiger partial charge is 0.136 e. The van der Waals surface area contributed by atoms with E-state index in [9.17, 15) is 5.11 Å². The molecule has 1 N–H and O–H groups in total. The summed E-state index contributed by atoms with van der Waals surface area (Å²) < 4.78 is 5.38. The van der Waals surface area contributed by atoms with Crippen LogP contribution in [-0.2, 0) is 10.2 Å². The van der Waals surface area contributed by atoms with Gasteiger partial charge in [-0.2, -0.15) is 0 Å². The number of rotatable bonds is 2. The molecule has 1 aliphatic heterocycles. The zero-order valence-corrected chi connectivity index (χ0v) is 10.7. The van der Waals surface area contributed by atoms with Crippen molar-refractivity contribution in [1.82, 2.24) is 0 Å². The number of hydrogen-bond donors (Lipinski definition) is 1. The topological polar surface area (TPSA) is 29.5 Å². The molecule has 2 heteroatoms. The SMILES string of the molecule is CC(C)(C)c1ccc(C(O)C2=CCCO2)cc1. The van der Waals surface area contributed by atoms with E-state index in [1.54, 1.807) is 0 Å². The average molecular weight is 232 g/mol. The predicted molar refractivity (Wildman–Crippen MR) is 68.8 cm³/mol. The molecule has 0 fully saturated rings. The molecule has 1 atom stereocenters. The Bertz CT molecular complexity index is 410. The van der Waals surface area contributed by atoms with E-state index >= 15 is 0 Å². The average Bonchev–Trinajstić information content (AvgIpc) is 2.80. The highest BCUT2D eigenvalue weighted by atomic mass is 16.5. The number of benzene rings is 1. The van der Waals surface area contributed by atoms with Crippen molar-refractivity contribution >= 4 is 0 Å². The minimum absolute atomic E-state index is 0.145. The van der Waals surface area contributed by atoms with Gasteiger partial charge < -0.3 is 9.84 Å². The Morgan fingerprint density at radius 3 is 2.29 bits per heavy atom. The van der Waals surface area contributed by atoms with Gasteiger partial charge in [-0.15, -0.1) is 0 Å². The van der Waals surface area contributed by atoms with Gasteiger partial charge in [-0.25, -0.2) is 0 Å². The molecule has 1 heterocycles. The maximum Gasteiger partial charge on any atom is 0.136 e. The van der Waals surface area contributed by atoms with E-state index in [1.165, 1.54) is 5.56 Å². The van der Waals surface area contributed by atoms with Crippen molar-refractivity contribution in [2.24, 2.45) is 0 Å². The molecular formula is C15H20O2. The Labute approximate surface area is 103 Å². The van der Waals surface area contributed by atoms with Crippen LogP contribution in [0.3, 0.4) is 0 Å². The van der Waals surface area contributed by atoms with Crippen LogP contribution in [0.2, 0.25) is 0 Å². The Kier molecular flexibility index (Phi) is 3.25. The molecule has 0 spiro atoms. The summed E-state index contributed by atoms with van der Waals surface area (Å²) in [6.07, 6.45) is 2.24. The van der Waals surface area contributed by atoms with Gasteiger partial charge in [-0.1, -0.05) is 45.0 Å². The van der Waals surface area contributed by atoms with Gasteiger partial charge in [-0.3, -0.25) is 0 Å². The first-order valence-electron chi connectivity index (χ1n) is 6.10. The molecule has 0 saturated carbocycles. The maximum absolute atomic E-state index is 10.1. The molecule has 2 rings (SSSR count). The lowest BCUT2D eigenvalue weighted by atomic mass is 9.86. The second kappa shape index (κ2) is 4.53. The molecule has 17 heavy (non-hydrogen) atoms. The van der Waals surface area contributed by atoms with Gasteiger partial charge in [0.1, 0.15) is 11.9 Å². The highest BCUT2D eigenvalue weighted by Crippen LogP contribution is 2.28. The fourth-order valence-corrected chi connectivity index (χ4v) is 1.96. The van der Waals surface area contributed by atoms with Gasteiger partial charge in [0, 0.05) is 6.42 Å². The fourth-order valence-electron chi connectivity index (χ4n) is 1.96. The molecule has 0 bridgehead atoms. The van der Waals surface area contributed by atoms with Gasteiger partial charge in [0.15, 0.2) is 0 Å². The summed E-state index contributed by atoms with van der Waals surface area (Å²) in [5.41, 5.74) is 2.31. The third-order valence-corrected chi connectivity index (χ3v) is 3.09. The normalized spacial score (nSPS) is 17.5. The third kappa shape index (κ3) is 2.70. The quantitative estimate of drug-likeness (QED) is 0.847. The van der Waals surface area contributed by atoms with Gasteiger partial charge in [0.2, 0.25) is 0 Å². The van der Waals surface area contributed by atoms with Crippen molar-refractivity contribution in [2.45, 2.75) is 38.7 Å². The van der Waals surface area contributed by atoms with Crippen molar-refractivity contribution < 1.29 is 9.84 Å². The first kappa shape index (κ1) is 12.2. The van der Waals surface area contributed by atoms with E-state index in [1.807, 2.05) is 18.2 Å². The lowest BCUT2D eigenvalue weighted by molar-refractivity contribution is 0.119. The van der Waals surface area contributed by atoms with E-state index in [0.717, 1.165) is 12.0 Å². The van der Waals surface area contributed by atoms with Crippen LogP contribution >= 0.6 is 0 Å². The van der Waals surface area contributed by atoms with Crippen LogP contribution in [0.4, 0.5) is 0 Å². The van der Waals surface area contributed by atoms with Crippen LogP contribution in [0.5, 0.6) is 0 Å². The van der Waals surface area contributed by atoms with Crippen LogP contribution in [0, 0.1) is 0 Å². The number of hydrogen-bond acceptors (Lipinski definition) is 2. The number of aliphatic hydroxyl groups is 1. The van der Waals surface area contributed by atoms with Gasteiger partial charge >= 0.3 is 0 Å². The Balaban J connectivity index is 2.18. The second-order valence-electron chi connectivity index (χ2n) is 5.52. The Morgan fingerprint density at radius 1 is 1.18 bits per heavy atom. The van der Waals surface area contributed by atoms with E-state index < -0.39 is 6.10 Å². The van der Waals surface area contributed by atoms with Crippen molar-refractivity contribution in [3.05, 3.63) is 47.2 Å². The minimum Gasteiger partial charge on any atom is -0.495 e. The molecule has 0 amide bonds. The highest BCUT2D eigenvalue weighted by Gasteiger charge is 2.19. The van der Waals surface area contributed by atoms with Gasteiger partial charge in [-0.05, 0) is 22.6 Å². The predicted octanol–water partition coefficient (Wildman–Crippen LogP) is 3.32. The molecule has 0 aromatic heterocycles. The lowest BCUT2D eigenvalue weighted by Crippen LogP contribution is -2.11. The third-order valence-electron chi connectivity index (χ3n) is 3.09. The van der Waals surface area contributed by atoms with E-state index in [2.05, 4.69) is 32.9 Å². The van der Waals surface area contributed by atoms with E-state index in [4.69, 9.17) is 4.74 Å². The molecule has 1 aromatic rings. The second-order valence-corrected chi connectivity index (χ2v) is 5.52. The van der Waals surface area contributed by atoms with Crippen molar-refractivity contribution in [1.29, 1.82) is 0 Å². The largest absolute Gasteiger partial charge is 0.495 e. The van der Waals surface area contributed by atoms with Crippen molar-refractivity contribution in [3.63, 3.8) is 0 Å². The first-order chi connectivity index (χ1) is 7.98. The number of ether oxygens (including phenoxy) is 1. The number of aliphatic hydroxyl groups excluding tert-OH is 1. The molecule has 1 aromatic carbocycles. The summed E-state index contributed by atoms with van der Waals surface area (Å²) in [7, 11) is 0. The van der Waals surface area contributed by atoms with E-state index in [-0.39, 0.29) is 5.41 Å². The summed E-state index contributed by atoms with van der Waals surface area (Å²) in [5, 5.41) is 10.1. The van der Waals surface area contributed by atoms with Gasteiger partial charge in [0.25, 0.3) is 0 Å². The summed E-state index contributed by atoms with van der Waals surface area (Å²) in [4.78, 5) is 0. The first-order valence-corrected chi connectivity index (χ1v) is 6.10. The summed E-state index contributed by atoms with van der Waals surface area (Å²) in [5.74, 6) is 0.688. The molecule has 2 nitrogen and oxygen atoms in total. The molecule has 0 aliphatic carbocycles. The summed E-state index contributed by atoms with van der Waals surface area (Å²) >= 11 is 0. The van der Waals surface area contributed by atoms with Crippen LogP contribution in [0.25, 0.3) is 0 Å². The van der Waals surface area contributed by atoms with Gasteiger partial charge in [0.05, 0.1) is 6.61 Å². The zero-order valence-electron chi connectivity index (χ0n) is 10.7. The molecule has 92 valence electrons. The molecule has 0 saturated heterocycles. The zero-order chi connectivity index (χ0) is 12.5. The van der Waals surface area contributed by atoms with Crippen LogP contribution in [-0.4, -0.2) is 11.7 Å². The maximum atomic E-state index is 10.1. The molecule has 1 unspecified atom stereocenters. The van der Waals surface area contributed by atoms with Crippen LogP contribution in [0.15, 0.2) is 36.1 Å². The Hall–Kier alpha value is -1.28. The molecular weight excluding hydrogens is 212 g/mol. The summed E-state index contributed by atoms with van der Waals surface area (Å²) in [6.45, 7) is 7.23. The standard InChI is InChI=1S/C15H20O2/c1-15(2,3)12-8-6-11(7-9-12)14(16)13-5-4-10-17-13/h5-9,14,16H,4,10H2,1-3H3. The monoisotopic (exact) mass is 232 g/mol. The lowest BCUT2D eigenvalue weighted by Gasteiger charge is -2.20. The highest BCUT2D eigenvalue weighted by molar-refractivity contribution is 5.31. The van der Waals surface area contributed by atoms with Crippen molar-refractivity contribution in [3.8, 4) is 0 Å². The van der Waals surface area contributed by atoms with Crippen molar-refractivity contribution in [2.75, 3.05) is 6.61 Å². The van der Waals surface area contributed by atoms with E-state index in [0.29, 0.717) is 12.4 Å². The molecule has 0 radical (unpaired) electrons. The van der Waals surface area contributed by atoms with Crippen LogP contribution in [0.1, 0.15) is 44.4 Å². The fraction of sp³-hybridized carbons (Fsp3) is 0.467.